The molecule has 1 aliphatic heterocycles. The Kier molecular flexibility index (Phi) is 3.90. The summed E-state index contributed by atoms with van der Waals surface area (Å²) in [4.78, 5) is 10.2. The fourth-order valence-electron chi connectivity index (χ4n) is 2.73. The molecule has 2 aromatic rings. The minimum Gasteiger partial charge on any atom is -0.359 e. The predicted molar refractivity (Wildman–Crippen MR) is 80.2 cm³/mol. The lowest BCUT2D eigenvalue weighted by Gasteiger charge is -2.22. The molecule has 0 amide bonds. The van der Waals surface area contributed by atoms with Crippen molar-refractivity contribution in [3.8, 4) is 0 Å². The summed E-state index contributed by atoms with van der Waals surface area (Å²) < 4.78 is 32.2. The molecule has 0 saturated carbocycles. The van der Waals surface area contributed by atoms with Crippen LogP contribution in [0.4, 0.5) is 5.69 Å². The van der Waals surface area contributed by atoms with Gasteiger partial charge in [-0.05, 0) is 31.9 Å². The van der Waals surface area contributed by atoms with E-state index in [0.29, 0.717) is 24.4 Å². The van der Waals surface area contributed by atoms with Crippen molar-refractivity contribution in [1.82, 2.24) is 9.46 Å². The molecule has 0 spiro atoms. The standard InChI is InChI=1S/C14H15N3O5S/c1-10-9-14(22-15-10)13-3-2-8-16(13)23(20,21)12-6-4-11(5-7-12)17(18)19/h4-7,9,13H,2-3,8H2,1H3/t13-/m0/s1. The van der Waals surface area contributed by atoms with Gasteiger partial charge in [-0.1, -0.05) is 5.16 Å². The molecule has 1 aliphatic rings. The van der Waals surface area contributed by atoms with Crippen LogP contribution in [0.15, 0.2) is 39.8 Å². The van der Waals surface area contributed by atoms with Crippen molar-refractivity contribution in [2.24, 2.45) is 0 Å². The van der Waals surface area contributed by atoms with Gasteiger partial charge in [0.15, 0.2) is 5.76 Å². The Morgan fingerprint density at radius 1 is 1.35 bits per heavy atom. The quantitative estimate of drug-likeness (QED) is 0.626. The van der Waals surface area contributed by atoms with Crippen LogP contribution >= 0.6 is 0 Å². The molecule has 3 rings (SSSR count). The Hall–Kier alpha value is -2.26. The third-order valence-electron chi connectivity index (χ3n) is 3.83. The maximum absolute atomic E-state index is 12.8. The van der Waals surface area contributed by atoms with Gasteiger partial charge in [0.05, 0.1) is 21.6 Å². The van der Waals surface area contributed by atoms with E-state index < -0.39 is 21.0 Å². The first-order valence-electron chi connectivity index (χ1n) is 7.09. The van der Waals surface area contributed by atoms with Crippen LogP contribution < -0.4 is 0 Å². The van der Waals surface area contributed by atoms with Crippen molar-refractivity contribution in [1.29, 1.82) is 0 Å². The molecule has 8 nitrogen and oxygen atoms in total. The zero-order valence-corrected chi connectivity index (χ0v) is 13.2. The average Bonchev–Trinajstić information content (AvgIpc) is 3.16. The van der Waals surface area contributed by atoms with Crippen molar-refractivity contribution in [2.75, 3.05) is 6.54 Å². The van der Waals surface area contributed by atoms with Crippen LogP contribution in [0, 0.1) is 17.0 Å². The lowest BCUT2D eigenvalue weighted by atomic mass is 10.2. The van der Waals surface area contributed by atoms with E-state index in [1.54, 1.807) is 13.0 Å². The number of nitro groups is 1. The van der Waals surface area contributed by atoms with Crippen molar-refractivity contribution >= 4 is 15.7 Å². The van der Waals surface area contributed by atoms with Crippen LogP contribution in [-0.4, -0.2) is 29.3 Å². The summed E-state index contributed by atoms with van der Waals surface area (Å²) in [5.41, 5.74) is 0.548. The van der Waals surface area contributed by atoms with Gasteiger partial charge in [0, 0.05) is 24.7 Å². The number of hydrogen-bond acceptors (Lipinski definition) is 6. The largest absolute Gasteiger partial charge is 0.359 e. The molecule has 1 aromatic carbocycles. The normalized spacial score (nSPS) is 19.1. The molecule has 2 heterocycles. The Morgan fingerprint density at radius 3 is 2.61 bits per heavy atom. The second kappa shape index (κ2) is 5.74. The summed E-state index contributed by atoms with van der Waals surface area (Å²) in [5, 5.41) is 14.5. The van der Waals surface area contributed by atoms with E-state index in [1.807, 2.05) is 0 Å². The van der Waals surface area contributed by atoms with E-state index in [0.717, 1.165) is 6.42 Å². The lowest BCUT2D eigenvalue weighted by Crippen LogP contribution is -2.30. The molecule has 0 unspecified atom stereocenters. The van der Waals surface area contributed by atoms with Gasteiger partial charge in [-0.25, -0.2) is 8.42 Å². The van der Waals surface area contributed by atoms with Crippen LogP contribution in [0.1, 0.15) is 30.3 Å². The number of sulfonamides is 1. The Labute approximate surface area is 132 Å². The molecule has 0 bridgehead atoms. The number of rotatable bonds is 4. The summed E-state index contributed by atoms with van der Waals surface area (Å²) in [6.07, 6.45) is 1.37. The van der Waals surface area contributed by atoms with Gasteiger partial charge in [-0.3, -0.25) is 10.1 Å². The summed E-state index contributed by atoms with van der Waals surface area (Å²) in [5.74, 6) is 0.519. The highest BCUT2D eigenvalue weighted by atomic mass is 32.2. The highest BCUT2D eigenvalue weighted by molar-refractivity contribution is 7.89. The van der Waals surface area contributed by atoms with E-state index in [1.165, 1.54) is 28.6 Å². The summed E-state index contributed by atoms with van der Waals surface area (Å²) in [6.45, 7) is 2.15. The zero-order valence-electron chi connectivity index (χ0n) is 12.4. The van der Waals surface area contributed by atoms with Crippen LogP contribution in [-0.2, 0) is 10.0 Å². The average molecular weight is 337 g/mol. The number of benzene rings is 1. The van der Waals surface area contributed by atoms with Crippen LogP contribution in [0.3, 0.4) is 0 Å². The van der Waals surface area contributed by atoms with Gasteiger partial charge in [-0.15, -0.1) is 0 Å². The minimum atomic E-state index is -3.75. The van der Waals surface area contributed by atoms with E-state index in [4.69, 9.17) is 4.52 Å². The molecule has 0 radical (unpaired) electrons. The van der Waals surface area contributed by atoms with Crippen molar-refractivity contribution in [2.45, 2.75) is 30.7 Å². The number of hydrogen-bond donors (Lipinski definition) is 0. The van der Waals surface area contributed by atoms with Crippen molar-refractivity contribution in [3.05, 3.63) is 51.9 Å². The van der Waals surface area contributed by atoms with Gasteiger partial charge in [0.25, 0.3) is 5.69 Å². The molecule has 1 atom stereocenters. The molecule has 9 heteroatoms. The maximum atomic E-state index is 12.8. The monoisotopic (exact) mass is 337 g/mol. The van der Waals surface area contributed by atoms with Gasteiger partial charge in [-0.2, -0.15) is 4.31 Å². The SMILES string of the molecule is Cc1cc([C@@H]2CCCN2S(=O)(=O)c2ccc([N+](=O)[O-])cc2)on1. The highest BCUT2D eigenvalue weighted by Crippen LogP contribution is 2.36. The zero-order chi connectivity index (χ0) is 16.6. The van der Waals surface area contributed by atoms with Gasteiger partial charge in [0.2, 0.25) is 10.0 Å². The number of nitrogens with zero attached hydrogens (tertiary/aromatic N) is 3. The summed E-state index contributed by atoms with van der Waals surface area (Å²) in [6, 6.07) is 6.24. The first-order chi connectivity index (χ1) is 10.9. The van der Waals surface area contributed by atoms with E-state index >= 15 is 0 Å². The molecule has 1 fully saturated rings. The first-order valence-corrected chi connectivity index (χ1v) is 8.53. The van der Waals surface area contributed by atoms with Crippen LogP contribution in [0.5, 0.6) is 0 Å². The van der Waals surface area contributed by atoms with Crippen LogP contribution in [0.2, 0.25) is 0 Å². The first kappa shape index (κ1) is 15.6. The van der Waals surface area contributed by atoms with Gasteiger partial charge < -0.3 is 4.52 Å². The highest BCUT2D eigenvalue weighted by Gasteiger charge is 2.38. The molecule has 23 heavy (non-hydrogen) atoms. The Bertz CT molecular complexity index is 828. The number of non-ortho nitro benzene ring substituents is 1. The Morgan fingerprint density at radius 2 is 2.04 bits per heavy atom. The van der Waals surface area contributed by atoms with E-state index in [2.05, 4.69) is 5.16 Å². The smallest absolute Gasteiger partial charge is 0.269 e. The van der Waals surface area contributed by atoms with Crippen molar-refractivity contribution < 1.29 is 17.9 Å². The van der Waals surface area contributed by atoms with Crippen LogP contribution in [0.25, 0.3) is 0 Å². The molecule has 0 N–H and O–H groups in total. The second-order valence-electron chi connectivity index (χ2n) is 5.40. The van der Waals surface area contributed by atoms with Crippen molar-refractivity contribution in [3.63, 3.8) is 0 Å². The summed E-state index contributed by atoms with van der Waals surface area (Å²) >= 11 is 0. The van der Waals surface area contributed by atoms with Gasteiger partial charge >= 0.3 is 0 Å². The number of aromatic nitrogens is 1. The fraction of sp³-hybridized carbons (Fsp3) is 0.357. The molecule has 1 aromatic heterocycles. The summed E-state index contributed by atoms with van der Waals surface area (Å²) in [7, 11) is -3.75. The fourth-order valence-corrected chi connectivity index (χ4v) is 4.39. The molecule has 0 aliphatic carbocycles. The van der Waals surface area contributed by atoms with E-state index in [-0.39, 0.29) is 10.6 Å². The topological polar surface area (TPSA) is 107 Å². The Balaban J connectivity index is 1.93. The molecular weight excluding hydrogens is 322 g/mol. The number of nitro benzene ring substituents is 1. The molecule has 1 saturated heterocycles. The third-order valence-corrected chi connectivity index (χ3v) is 5.75. The predicted octanol–water partition coefficient (Wildman–Crippen LogP) is 2.42. The van der Waals surface area contributed by atoms with Gasteiger partial charge in [0.1, 0.15) is 0 Å². The molecular formula is C14H15N3O5S. The van der Waals surface area contributed by atoms with E-state index in [9.17, 15) is 18.5 Å². The molecule has 122 valence electrons. The maximum Gasteiger partial charge on any atom is 0.269 e. The lowest BCUT2D eigenvalue weighted by molar-refractivity contribution is -0.384. The minimum absolute atomic E-state index is 0.0336. The number of aryl methyl sites for hydroxylation is 1. The second-order valence-corrected chi connectivity index (χ2v) is 7.29. The third kappa shape index (κ3) is 2.84.